The zero-order valence-electron chi connectivity index (χ0n) is 37.0. The van der Waals surface area contributed by atoms with Crippen molar-refractivity contribution in [3.63, 3.8) is 0 Å². The molecule has 0 saturated carbocycles. The lowest BCUT2D eigenvalue weighted by atomic mass is 9.67. The van der Waals surface area contributed by atoms with Crippen LogP contribution in [0.2, 0.25) is 0 Å². The van der Waals surface area contributed by atoms with Gasteiger partial charge in [-0.15, -0.1) is 0 Å². The molecule has 0 atom stereocenters. The van der Waals surface area contributed by atoms with Crippen LogP contribution >= 0.6 is 0 Å². The van der Waals surface area contributed by atoms with Crippen molar-refractivity contribution in [1.29, 1.82) is 0 Å². The van der Waals surface area contributed by atoms with Crippen molar-refractivity contribution in [1.82, 2.24) is 4.57 Å². The summed E-state index contributed by atoms with van der Waals surface area (Å²) >= 11 is 0. The molecule has 2 aliphatic carbocycles. The summed E-state index contributed by atoms with van der Waals surface area (Å²) in [6.07, 6.45) is 0. The molecular weight excluding hydrogens is 797 g/mol. The lowest BCUT2D eigenvalue weighted by molar-refractivity contribution is 0.660. The van der Waals surface area contributed by atoms with E-state index in [9.17, 15) is 0 Å². The van der Waals surface area contributed by atoms with E-state index in [0.29, 0.717) is 0 Å². The highest BCUT2D eigenvalue weighted by molar-refractivity contribution is 6.11. The fourth-order valence-corrected chi connectivity index (χ4v) is 11.7. The highest BCUT2D eigenvalue weighted by Gasteiger charge is 2.46. The number of para-hydroxylation sites is 2. The van der Waals surface area contributed by atoms with Gasteiger partial charge in [-0.05, 0) is 116 Å². The molecule has 0 bridgehead atoms. The van der Waals surface area contributed by atoms with E-state index in [0.717, 1.165) is 22.7 Å². The van der Waals surface area contributed by atoms with Gasteiger partial charge < -0.3 is 9.47 Å². The van der Waals surface area contributed by atoms with Gasteiger partial charge in [0.2, 0.25) is 0 Å². The van der Waals surface area contributed by atoms with Crippen molar-refractivity contribution in [2.75, 3.05) is 4.90 Å². The molecule has 2 heteroatoms. The third-order valence-corrected chi connectivity index (χ3v) is 14.7. The van der Waals surface area contributed by atoms with Gasteiger partial charge in [-0.25, -0.2) is 0 Å². The summed E-state index contributed by atoms with van der Waals surface area (Å²) in [7, 11) is 0. The van der Waals surface area contributed by atoms with Crippen LogP contribution in [-0.2, 0) is 10.8 Å². The third-order valence-electron chi connectivity index (χ3n) is 14.7. The summed E-state index contributed by atoms with van der Waals surface area (Å²) < 4.78 is 2.43. The Balaban J connectivity index is 1.11. The van der Waals surface area contributed by atoms with Crippen molar-refractivity contribution < 1.29 is 0 Å². The first-order valence-electron chi connectivity index (χ1n) is 23.1. The van der Waals surface area contributed by atoms with Gasteiger partial charge in [-0.3, -0.25) is 0 Å². The van der Waals surface area contributed by atoms with E-state index >= 15 is 0 Å². The molecule has 2 nitrogen and oxygen atoms in total. The van der Waals surface area contributed by atoms with Crippen LogP contribution in [-0.4, -0.2) is 4.57 Å². The second-order valence-electron chi connectivity index (χ2n) is 18.4. The van der Waals surface area contributed by atoms with Crippen molar-refractivity contribution in [3.8, 4) is 39.1 Å². The molecule has 0 saturated heterocycles. The average molecular weight is 843 g/mol. The molecule has 0 radical (unpaired) electrons. The Morgan fingerprint density at radius 1 is 0.364 bits per heavy atom. The molecule has 0 fully saturated rings. The van der Waals surface area contributed by atoms with Crippen LogP contribution in [0.4, 0.5) is 17.1 Å². The first-order valence-corrected chi connectivity index (χ1v) is 23.1. The van der Waals surface area contributed by atoms with Crippen LogP contribution in [0.25, 0.3) is 60.9 Å². The maximum Gasteiger partial charge on any atom is 0.0714 e. The fourth-order valence-electron chi connectivity index (χ4n) is 11.7. The van der Waals surface area contributed by atoms with E-state index in [1.54, 1.807) is 0 Å². The van der Waals surface area contributed by atoms with E-state index in [1.165, 1.54) is 88.6 Å². The number of nitrogens with zero attached hydrogens (tertiary/aromatic N) is 2. The van der Waals surface area contributed by atoms with Crippen molar-refractivity contribution in [2.45, 2.75) is 24.7 Å². The smallest absolute Gasteiger partial charge is 0.0714 e. The Hall–Kier alpha value is -8.20. The van der Waals surface area contributed by atoms with Crippen LogP contribution < -0.4 is 4.90 Å². The Kier molecular flexibility index (Phi) is 8.51. The zero-order valence-corrected chi connectivity index (χ0v) is 37.0. The Labute approximate surface area is 386 Å². The standard InChI is InChI=1S/C64H46N2/c1-63(2)56-31-19-33-60(62(56)54-37-34-44(40-57(54)63)43-20-7-3-8-21-43)65(49-36-39-53-52-29-16-18-32-59(52)66(61(53)42-49)47-26-13-6-14-27-47)48-35-38-51-50-28-15-17-30-55(50)64(58(51)41-48,45-22-9-4-10-23-45)46-24-11-5-12-25-46/h3-42H,1-2H3. The first kappa shape index (κ1) is 38.3. The zero-order chi connectivity index (χ0) is 44.0. The average Bonchev–Trinajstić information content (AvgIpc) is 3.96. The highest BCUT2D eigenvalue weighted by atomic mass is 15.1. The second kappa shape index (κ2) is 14.7. The molecule has 11 aromatic rings. The molecule has 13 rings (SSSR count). The monoisotopic (exact) mass is 842 g/mol. The van der Waals surface area contributed by atoms with Gasteiger partial charge in [-0.2, -0.15) is 0 Å². The number of rotatable bonds is 7. The summed E-state index contributed by atoms with van der Waals surface area (Å²) in [4.78, 5) is 2.55. The molecule has 312 valence electrons. The van der Waals surface area contributed by atoms with Crippen molar-refractivity contribution in [3.05, 3.63) is 276 Å². The van der Waals surface area contributed by atoms with Gasteiger partial charge >= 0.3 is 0 Å². The molecule has 66 heavy (non-hydrogen) atoms. The van der Waals surface area contributed by atoms with Crippen molar-refractivity contribution in [2.24, 2.45) is 0 Å². The lowest BCUT2D eigenvalue weighted by Crippen LogP contribution is -2.28. The minimum Gasteiger partial charge on any atom is -0.310 e. The molecule has 0 unspecified atom stereocenters. The fraction of sp³-hybridized carbons (Fsp3) is 0.0625. The molecule has 0 spiro atoms. The Morgan fingerprint density at radius 2 is 0.939 bits per heavy atom. The van der Waals surface area contributed by atoms with Gasteiger partial charge in [0.05, 0.1) is 22.1 Å². The van der Waals surface area contributed by atoms with E-state index < -0.39 is 5.41 Å². The highest BCUT2D eigenvalue weighted by Crippen LogP contribution is 2.59. The maximum atomic E-state index is 2.55. The predicted octanol–water partition coefficient (Wildman–Crippen LogP) is 16.6. The lowest BCUT2D eigenvalue weighted by Gasteiger charge is -2.35. The minimum atomic E-state index is -0.541. The van der Waals surface area contributed by atoms with Crippen LogP contribution in [0.5, 0.6) is 0 Å². The predicted molar refractivity (Wildman–Crippen MR) is 276 cm³/mol. The van der Waals surface area contributed by atoms with Crippen LogP contribution in [0.3, 0.4) is 0 Å². The molecule has 10 aromatic carbocycles. The molecule has 0 aliphatic heterocycles. The van der Waals surface area contributed by atoms with Crippen LogP contribution in [0.15, 0.2) is 243 Å². The van der Waals surface area contributed by atoms with Crippen LogP contribution in [0, 0.1) is 0 Å². The topological polar surface area (TPSA) is 8.17 Å². The van der Waals surface area contributed by atoms with Gasteiger partial charge in [0.1, 0.15) is 0 Å². The molecule has 2 aliphatic rings. The van der Waals surface area contributed by atoms with E-state index in [2.05, 4.69) is 266 Å². The summed E-state index contributed by atoms with van der Waals surface area (Å²) in [6.45, 7) is 4.79. The quantitative estimate of drug-likeness (QED) is 0.155. The third kappa shape index (κ3) is 5.48. The van der Waals surface area contributed by atoms with E-state index in [1.807, 2.05) is 0 Å². The summed E-state index contributed by atoms with van der Waals surface area (Å²) in [5.41, 5.74) is 21.5. The first-order chi connectivity index (χ1) is 32.5. The number of anilines is 3. The molecule has 1 aromatic heterocycles. The molecular formula is C64H46N2. The van der Waals surface area contributed by atoms with Crippen LogP contribution in [0.1, 0.15) is 47.2 Å². The minimum absolute atomic E-state index is 0.226. The number of fused-ring (bicyclic) bond motifs is 9. The number of benzene rings is 10. The summed E-state index contributed by atoms with van der Waals surface area (Å²) in [5.74, 6) is 0. The van der Waals surface area contributed by atoms with Crippen molar-refractivity contribution >= 4 is 38.9 Å². The normalized spacial score (nSPS) is 13.8. The van der Waals surface area contributed by atoms with Gasteiger partial charge in [0.15, 0.2) is 0 Å². The summed E-state index contributed by atoms with van der Waals surface area (Å²) in [6, 6.07) is 90.1. The van der Waals surface area contributed by atoms with Gasteiger partial charge in [0, 0.05) is 38.8 Å². The van der Waals surface area contributed by atoms with Gasteiger partial charge in [0.25, 0.3) is 0 Å². The Morgan fingerprint density at radius 3 is 1.70 bits per heavy atom. The van der Waals surface area contributed by atoms with E-state index in [-0.39, 0.29) is 5.41 Å². The number of hydrogen-bond acceptors (Lipinski definition) is 1. The number of aromatic nitrogens is 1. The second-order valence-corrected chi connectivity index (χ2v) is 18.4. The molecule has 0 N–H and O–H groups in total. The van der Waals surface area contributed by atoms with E-state index in [4.69, 9.17) is 0 Å². The maximum absolute atomic E-state index is 2.55. The van der Waals surface area contributed by atoms with Gasteiger partial charge in [-0.1, -0.05) is 202 Å². The summed E-state index contributed by atoms with van der Waals surface area (Å²) in [5, 5.41) is 2.47. The Bertz CT molecular complexity index is 3620. The largest absolute Gasteiger partial charge is 0.310 e. The molecule has 0 amide bonds. The SMILES string of the molecule is CC1(C)c2cc(-c3ccccc3)ccc2-c2c(N(c3ccc4c(c3)C(c3ccccc3)(c3ccccc3)c3ccccc3-4)c3ccc4c5ccccc5n(-c5ccccc5)c4c3)cccc21. The molecule has 1 heterocycles. The number of hydrogen-bond donors (Lipinski definition) is 0.